The molecule has 3 amide bonds. The second-order valence-corrected chi connectivity index (χ2v) is 4.19. The van der Waals surface area contributed by atoms with E-state index in [2.05, 4.69) is 5.32 Å². The fourth-order valence-corrected chi connectivity index (χ4v) is 1.86. The van der Waals surface area contributed by atoms with E-state index < -0.39 is 35.3 Å². The molecule has 100 valence electrons. The molecule has 0 aliphatic carbocycles. The zero-order valence-electron chi connectivity index (χ0n) is 10.1. The van der Waals surface area contributed by atoms with E-state index in [1.165, 1.54) is 25.2 Å². The second kappa shape index (κ2) is 4.60. The summed E-state index contributed by atoms with van der Waals surface area (Å²) in [6, 6.07) is 2.88. The fraction of sp³-hybridized carbons (Fsp3) is 0.250. The Kier molecular flexibility index (Phi) is 3.12. The Morgan fingerprint density at radius 1 is 1.32 bits per heavy atom. The quantitative estimate of drug-likeness (QED) is 0.629. The van der Waals surface area contributed by atoms with Gasteiger partial charge in [0.1, 0.15) is 23.1 Å². The molecule has 7 nitrogen and oxygen atoms in total. The number of likely N-dealkylation sites (tertiary alicyclic amines) is 1. The largest absolute Gasteiger partial charge is 0.507 e. The number of hydrogen-bond acceptors (Lipinski definition) is 5. The Morgan fingerprint density at radius 3 is 2.37 bits per heavy atom. The van der Waals surface area contributed by atoms with E-state index in [-0.39, 0.29) is 12.0 Å². The average molecular weight is 264 g/mol. The van der Waals surface area contributed by atoms with Crippen LogP contribution in [0.25, 0.3) is 0 Å². The molecule has 2 rings (SSSR count). The molecule has 1 heterocycles. The first-order valence-electron chi connectivity index (χ1n) is 5.54. The Balaban J connectivity index is 2.19. The first kappa shape index (κ1) is 12.9. The van der Waals surface area contributed by atoms with Gasteiger partial charge in [-0.25, -0.2) is 0 Å². The van der Waals surface area contributed by atoms with Gasteiger partial charge in [-0.1, -0.05) is 6.07 Å². The Bertz CT molecular complexity index is 549. The third-order valence-corrected chi connectivity index (χ3v) is 2.93. The number of phenols is 2. The topological polar surface area (TPSA) is 107 Å². The molecule has 0 aromatic heterocycles. The molecule has 1 fully saturated rings. The molecule has 0 bridgehead atoms. The zero-order valence-corrected chi connectivity index (χ0v) is 10.1. The van der Waals surface area contributed by atoms with Crippen LogP contribution in [0, 0.1) is 0 Å². The molecule has 7 heteroatoms. The van der Waals surface area contributed by atoms with Gasteiger partial charge in [0.15, 0.2) is 0 Å². The van der Waals surface area contributed by atoms with Gasteiger partial charge in [-0.15, -0.1) is 0 Å². The number of carbonyl (C=O) groups is 3. The van der Waals surface area contributed by atoms with Crippen molar-refractivity contribution in [2.45, 2.75) is 12.5 Å². The highest BCUT2D eigenvalue weighted by molar-refractivity contribution is 6.08. The Morgan fingerprint density at radius 2 is 1.89 bits per heavy atom. The van der Waals surface area contributed by atoms with Crippen LogP contribution < -0.4 is 5.32 Å². The third kappa shape index (κ3) is 2.22. The molecule has 1 saturated heterocycles. The van der Waals surface area contributed by atoms with Crippen LogP contribution in [0.3, 0.4) is 0 Å². The SMILES string of the molecule is CN1C(=O)CC(NC(=O)c2c(O)cccc2O)C1=O. The van der Waals surface area contributed by atoms with Gasteiger partial charge in [-0.05, 0) is 12.1 Å². The third-order valence-electron chi connectivity index (χ3n) is 2.93. The highest BCUT2D eigenvalue weighted by Gasteiger charge is 2.37. The maximum Gasteiger partial charge on any atom is 0.259 e. The van der Waals surface area contributed by atoms with Crippen molar-refractivity contribution in [1.29, 1.82) is 0 Å². The summed E-state index contributed by atoms with van der Waals surface area (Å²) in [5.74, 6) is -2.52. The molecule has 1 atom stereocenters. The van der Waals surface area contributed by atoms with Crippen LogP contribution in [-0.4, -0.2) is 45.9 Å². The number of nitrogens with zero attached hydrogens (tertiary/aromatic N) is 1. The summed E-state index contributed by atoms with van der Waals surface area (Å²) in [7, 11) is 1.33. The van der Waals surface area contributed by atoms with Gasteiger partial charge in [0.25, 0.3) is 11.8 Å². The van der Waals surface area contributed by atoms with Crippen LogP contribution in [-0.2, 0) is 9.59 Å². The molecule has 0 radical (unpaired) electrons. The van der Waals surface area contributed by atoms with E-state index in [1.54, 1.807) is 0 Å². The van der Waals surface area contributed by atoms with Crippen molar-refractivity contribution in [2.24, 2.45) is 0 Å². The molecule has 19 heavy (non-hydrogen) atoms. The van der Waals surface area contributed by atoms with Gasteiger partial charge in [0.2, 0.25) is 5.91 Å². The van der Waals surface area contributed by atoms with Crippen molar-refractivity contribution in [3.8, 4) is 11.5 Å². The van der Waals surface area contributed by atoms with E-state index in [4.69, 9.17) is 0 Å². The lowest BCUT2D eigenvalue weighted by atomic mass is 10.1. The predicted molar refractivity (Wildman–Crippen MR) is 63.4 cm³/mol. The number of nitrogens with one attached hydrogen (secondary N) is 1. The molecule has 1 aromatic carbocycles. The van der Waals surface area contributed by atoms with Crippen molar-refractivity contribution in [3.05, 3.63) is 23.8 Å². The Labute approximate surface area is 108 Å². The van der Waals surface area contributed by atoms with E-state index in [0.29, 0.717) is 0 Å². The lowest BCUT2D eigenvalue weighted by Gasteiger charge is -2.12. The number of hydrogen-bond donors (Lipinski definition) is 3. The molecule has 0 spiro atoms. The summed E-state index contributed by atoms with van der Waals surface area (Å²) in [4.78, 5) is 35.7. The number of benzene rings is 1. The summed E-state index contributed by atoms with van der Waals surface area (Å²) in [6.45, 7) is 0. The summed E-state index contributed by atoms with van der Waals surface area (Å²) in [6.07, 6.45) is -0.130. The molecular weight excluding hydrogens is 252 g/mol. The average Bonchev–Trinajstić information content (AvgIpc) is 2.57. The fourth-order valence-electron chi connectivity index (χ4n) is 1.86. The predicted octanol–water partition coefficient (Wildman–Crippen LogP) is -0.415. The molecule has 1 unspecified atom stereocenters. The standard InChI is InChI=1S/C12H12N2O5/c1-14-9(17)5-6(12(14)19)13-11(18)10-7(15)3-2-4-8(10)16/h2-4,6,15-16H,5H2,1H3,(H,13,18). The number of imide groups is 1. The number of aromatic hydroxyl groups is 2. The van der Waals surface area contributed by atoms with Gasteiger partial charge < -0.3 is 15.5 Å². The van der Waals surface area contributed by atoms with Crippen molar-refractivity contribution in [2.75, 3.05) is 7.05 Å². The Hall–Kier alpha value is -2.57. The van der Waals surface area contributed by atoms with Crippen molar-refractivity contribution in [1.82, 2.24) is 10.2 Å². The summed E-state index contributed by atoms with van der Waals surface area (Å²) in [5.41, 5.74) is -0.322. The van der Waals surface area contributed by atoms with Crippen LogP contribution >= 0.6 is 0 Å². The highest BCUT2D eigenvalue weighted by atomic mass is 16.3. The van der Waals surface area contributed by atoms with Gasteiger partial charge in [0, 0.05) is 7.05 Å². The monoisotopic (exact) mass is 264 g/mol. The maximum absolute atomic E-state index is 11.9. The highest BCUT2D eigenvalue weighted by Crippen LogP contribution is 2.26. The van der Waals surface area contributed by atoms with Crippen LogP contribution in [0.2, 0.25) is 0 Å². The summed E-state index contributed by atoms with van der Waals surface area (Å²) >= 11 is 0. The molecule has 1 aromatic rings. The van der Waals surface area contributed by atoms with Crippen LogP contribution in [0.4, 0.5) is 0 Å². The molecule has 0 saturated carbocycles. The number of phenolic OH excluding ortho intramolecular Hbond substituents is 2. The summed E-state index contributed by atoms with van der Waals surface area (Å²) < 4.78 is 0. The van der Waals surface area contributed by atoms with Crippen LogP contribution in [0.15, 0.2) is 18.2 Å². The van der Waals surface area contributed by atoms with E-state index in [9.17, 15) is 24.6 Å². The minimum atomic E-state index is -0.969. The van der Waals surface area contributed by atoms with Gasteiger partial charge in [0.05, 0.1) is 6.42 Å². The normalized spacial score (nSPS) is 18.8. The smallest absolute Gasteiger partial charge is 0.259 e. The summed E-state index contributed by atoms with van der Waals surface area (Å²) in [5, 5.41) is 21.4. The van der Waals surface area contributed by atoms with E-state index in [0.717, 1.165) is 4.90 Å². The molecule has 1 aliphatic rings. The zero-order chi connectivity index (χ0) is 14.2. The van der Waals surface area contributed by atoms with Crippen LogP contribution in [0.1, 0.15) is 16.8 Å². The minimum Gasteiger partial charge on any atom is -0.507 e. The van der Waals surface area contributed by atoms with E-state index >= 15 is 0 Å². The lowest BCUT2D eigenvalue weighted by molar-refractivity contribution is -0.137. The van der Waals surface area contributed by atoms with Gasteiger partial charge >= 0.3 is 0 Å². The molecule has 3 N–H and O–H groups in total. The van der Waals surface area contributed by atoms with Crippen molar-refractivity contribution < 1.29 is 24.6 Å². The van der Waals surface area contributed by atoms with Gasteiger partial charge in [-0.3, -0.25) is 19.3 Å². The lowest BCUT2D eigenvalue weighted by Crippen LogP contribution is -2.40. The van der Waals surface area contributed by atoms with E-state index in [1.807, 2.05) is 0 Å². The minimum absolute atomic E-state index is 0.130. The molecular formula is C12H12N2O5. The van der Waals surface area contributed by atoms with Crippen LogP contribution in [0.5, 0.6) is 11.5 Å². The first-order valence-corrected chi connectivity index (χ1v) is 5.54. The first-order chi connectivity index (χ1) is 8.91. The second-order valence-electron chi connectivity index (χ2n) is 4.19. The number of carbonyl (C=O) groups excluding carboxylic acids is 3. The maximum atomic E-state index is 11.9. The number of likely N-dealkylation sites (N-methyl/N-ethyl adjacent to an activating group) is 1. The number of rotatable bonds is 2. The van der Waals surface area contributed by atoms with Crippen molar-refractivity contribution in [3.63, 3.8) is 0 Å². The number of amides is 3. The van der Waals surface area contributed by atoms with Crippen molar-refractivity contribution >= 4 is 17.7 Å². The van der Waals surface area contributed by atoms with Gasteiger partial charge in [-0.2, -0.15) is 0 Å². The molecule has 1 aliphatic heterocycles.